The lowest BCUT2D eigenvalue weighted by molar-refractivity contribution is -0.138. The molecule has 0 saturated carbocycles. The molecule has 1 aromatic heterocycles. The van der Waals surface area contributed by atoms with Gasteiger partial charge in [0.15, 0.2) is 0 Å². The van der Waals surface area contributed by atoms with Gasteiger partial charge in [-0.15, -0.1) is 0 Å². The van der Waals surface area contributed by atoms with Gasteiger partial charge in [0.25, 0.3) is 0 Å². The van der Waals surface area contributed by atoms with Gasteiger partial charge < -0.3 is 18.9 Å². The Balaban J connectivity index is 1.85. The standard InChI is InChI=1S/C30H37N3O4/c1-20(2)32(27(34)18-30(3,4)5)19-28(35)33-24-12-9-8-11-23(24)31-16-10-13-25(31)29(33)22-17-21(36-6)14-15-26(22)37-7/h8-17,20,29H,18-19H2,1-7H3. The molecule has 0 fully saturated rings. The van der Waals surface area contributed by atoms with E-state index in [-0.39, 0.29) is 29.8 Å². The number of hydrogen-bond donors (Lipinski definition) is 0. The van der Waals surface area contributed by atoms with E-state index in [1.807, 2.05) is 100 Å². The van der Waals surface area contributed by atoms with Crippen molar-refractivity contribution in [2.75, 3.05) is 25.7 Å². The fourth-order valence-electron chi connectivity index (χ4n) is 4.94. The highest BCUT2D eigenvalue weighted by molar-refractivity contribution is 6.00. The van der Waals surface area contributed by atoms with E-state index in [0.29, 0.717) is 17.9 Å². The van der Waals surface area contributed by atoms with Crippen LogP contribution in [0.2, 0.25) is 0 Å². The van der Waals surface area contributed by atoms with Crippen LogP contribution in [-0.4, -0.2) is 48.1 Å². The number of fused-ring (bicyclic) bond motifs is 3. The fourth-order valence-corrected chi connectivity index (χ4v) is 4.94. The summed E-state index contributed by atoms with van der Waals surface area (Å²) in [6, 6.07) is 16.9. The molecule has 7 heteroatoms. The number of para-hydroxylation sites is 2. The SMILES string of the molecule is COc1ccc(OC)c(C2c3cccn3-c3ccccc3N2C(=O)CN(C(=O)CC(C)(C)C)C(C)C)c1. The summed E-state index contributed by atoms with van der Waals surface area (Å²) in [6.07, 6.45) is 2.37. The van der Waals surface area contributed by atoms with Crippen LogP contribution >= 0.6 is 0 Å². The molecule has 0 N–H and O–H groups in total. The molecule has 7 nitrogen and oxygen atoms in total. The first-order valence-electron chi connectivity index (χ1n) is 12.7. The topological polar surface area (TPSA) is 64.0 Å². The van der Waals surface area contributed by atoms with Crippen LogP contribution in [0.15, 0.2) is 60.8 Å². The summed E-state index contributed by atoms with van der Waals surface area (Å²) < 4.78 is 13.4. The molecule has 37 heavy (non-hydrogen) atoms. The van der Waals surface area contributed by atoms with E-state index >= 15 is 0 Å². The lowest BCUT2D eigenvalue weighted by Gasteiger charge is -2.40. The van der Waals surface area contributed by atoms with Crippen molar-refractivity contribution >= 4 is 17.5 Å². The minimum absolute atomic E-state index is 0.0234. The Morgan fingerprint density at radius 2 is 1.68 bits per heavy atom. The molecular formula is C30H37N3O4. The van der Waals surface area contributed by atoms with E-state index in [0.717, 1.165) is 22.6 Å². The molecule has 2 heterocycles. The zero-order valence-electron chi connectivity index (χ0n) is 22.8. The van der Waals surface area contributed by atoms with Crippen LogP contribution in [0.3, 0.4) is 0 Å². The number of anilines is 1. The zero-order chi connectivity index (χ0) is 26.9. The molecule has 4 rings (SSSR count). The molecule has 0 spiro atoms. The van der Waals surface area contributed by atoms with Gasteiger partial charge in [-0.2, -0.15) is 0 Å². The molecule has 0 bridgehead atoms. The lowest BCUT2D eigenvalue weighted by atomic mass is 9.91. The van der Waals surface area contributed by atoms with Crippen LogP contribution in [0, 0.1) is 5.41 Å². The van der Waals surface area contributed by atoms with E-state index in [2.05, 4.69) is 4.57 Å². The van der Waals surface area contributed by atoms with Gasteiger partial charge >= 0.3 is 0 Å². The van der Waals surface area contributed by atoms with Gasteiger partial charge in [-0.05, 0) is 61.7 Å². The van der Waals surface area contributed by atoms with Crippen LogP contribution < -0.4 is 14.4 Å². The van der Waals surface area contributed by atoms with Crippen molar-refractivity contribution in [2.45, 2.75) is 53.1 Å². The molecule has 0 saturated heterocycles. The molecular weight excluding hydrogens is 466 g/mol. The highest BCUT2D eigenvalue weighted by Gasteiger charge is 2.39. The number of nitrogens with zero attached hydrogens (tertiary/aromatic N) is 3. The van der Waals surface area contributed by atoms with Crippen LogP contribution in [0.1, 0.15) is 58.3 Å². The number of methoxy groups -OCH3 is 2. The quantitative estimate of drug-likeness (QED) is 0.421. The van der Waals surface area contributed by atoms with Crippen LogP contribution in [0.4, 0.5) is 5.69 Å². The fraction of sp³-hybridized carbons (Fsp3) is 0.400. The van der Waals surface area contributed by atoms with Gasteiger partial charge in [-0.3, -0.25) is 14.5 Å². The number of carbonyl (C=O) groups excluding carboxylic acids is 2. The maximum Gasteiger partial charge on any atom is 0.247 e. The number of rotatable bonds is 7. The Kier molecular flexibility index (Phi) is 7.35. The molecule has 196 valence electrons. The first kappa shape index (κ1) is 26.3. The highest BCUT2D eigenvalue weighted by atomic mass is 16.5. The maximum atomic E-state index is 14.3. The van der Waals surface area contributed by atoms with Crippen molar-refractivity contribution in [1.82, 2.24) is 9.47 Å². The summed E-state index contributed by atoms with van der Waals surface area (Å²) in [5.74, 6) is 1.13. The minimum Gasteiger partial charge on any atom is -0.497 e. The second-order valence-corrected chi connectivity index (χ2v) is 10.9. The lowest BCUT2D eigenvalue weighted by Crippen LogP contribution is -2.49. The second-order valence-electron chi connectivity index (χ2n) is 10.9. The third-order valence-electron chi connectivity index (χ3n) is 6.65. The predicted molar refractivity (Wildman–Crippen MR) is 146 cm³/mol. The average Bonchev–Trinajstić information content (AvgIpc) is 3.34. The van der Waals surface area contributed by atoms with E-state index < -0.39 is 6.04 Å². The Labute approximate surface area is 219 Å². The number of ether oxygens (including phenoxy) is 2. The molecule has 0 radical (unpaired) electrons. The zero-order valence-corrected chi connectivity index (χ0v) is 22.8. The molecule has 2 aromatic carbocycles. The molecule has 1 atom stereocenters. The van der Waals surface area contributed by atoms with Gasteiger partial charge in [0.1, 0.15) is 24.1 Å². The van der Waals surface area contributed by atoms with Gasteiger partial charge in [0, 0.05) is 24.2 Å². The third-order valence-corrected chi connectivity index (χ3v) is 6.65. The number of hydrogen-bond acceptors (Lipinski definition) is 4. The molecule has 2 amide bonds. The van der Waals surface area contributed by atoms with Crippen molar-refractivity contribution in [1.29, 1.82) is 0 Å². The van der Waals surface area contributed by atoms with E-state index in [1.165, 1.54) is 0 Å². The Bertz CT molecular complexity index is 1290. The van der Waals surface area contributed by atoms with Crippen LogP contribution in [-0.2, 0) is 9.59 Å². The summed E-state index contributed by atoms with van der Waals surface area (Å²) >= 11 is 0. The summed E-state index contributed by atoms with van der Waals surface area (Å²) in [5, 5.41) is 0. The van der Waals surface area contributed by atoms with Crippen molar-refractivity contribution < 1.29 is 19.1 Å². The van der Waals surface area contributed by atoms with E-state index in [1.54, 1.807) is 19.1 Å². The Morgan fingerprint density at radius 3 is 2.30 bits per heavy atom. The molecule has 1 unspecified atom stereocenters. The minimum atomic E-state index is -0.478. The van der Waals surface area contributed by atoms with Crippen LogP contribution in [0.5, 0.6) is 11.5 Å². The van der Waals surface area contributed by atoms with Gasteiger partial charge in [0.05, 0.1) is 31.3 Å². The number of carbonyl (C=O) groups is 2. The number of benzene rings is 2. The van der Waals surface area contributed by atoms with E-state index in [9.17, 15) is 9.59 Å². The van der Waals surface area contributed by atoms with Crippen molar-refractivity contribution in [3.8, 4) is 17.2 Å². The van der Waals surface area contributed by atoms with Gasteiger partial charge in [-0.1, -0.05) is 32.9 Å². The normalized spacial score (nSPS) is 14.7. The van der Waals surface area contributed by atoms with Crippen LogP contribution in [0.25, 0.3) is 5.69 Å². The average molecular weight is 504 g/mol. The largest absolute Gasteiger partial charge is 0.497 e. The number of aromatic nitrogens is 1. The summed E-state index contributed by atoms with van der Waals surface area (Å²) in [7, 11) is 3.24. The summed E-state index contributed by atoms with van der Waals surface area (Å²) in [6.45, 7) is 9.98. The molecule has 0 aliphatic carbocycles. The first-order chi connectivity index (χ1) is 17.6. The highest BCUT2D eigenvalue weighted by Crippen LogP contribution is 2.45. The summed E-state index contributed by atoms with van der Waals surface area (Å²) in [5.41, 5.74) is 3.24. The van der Waals surface area contributed by atoms with Crippen molar-refractivity contribution in [2.24, 2.45) is 5.41 Å². The van der Waals surface area contributed by atoms with E-state index in [4.69, 9.17) is 9.47 Å². The van der Waals surface area contributed by atoms with Gasteiger partial charge in [-0.25, -0.2) is 0 Å². The molecule has 3 aromatic rings. The second kappa shape index (κ2) is 10.3. The predicted octanol–water partition coefficient (Wildman–Crippen LogP) is 5.60. The van der Waals surface area contributed by atoms with Crippen molar-refractivity contribution in [3.05, 3.63) is 72.1 Å². The molecule has 1 aliphatic heterocycles. The number of amides is 2. The maximum absolute atomic E-state index is 14.3. The smallest absolute Gasteiger partial charge is 0.247 e. The monoisotopic (exact) mass is 503 g/mol. The first-order valence-corrected chi connectivity index (χ1v) is 12.7. The van der Waals surface area contributed by atoms with Crippen molar-refractivity contribution in [3.63, 3.8) is 0 Å². The van der Waals surface area contributed by atoms with Gasteiger partial charge in [0.2, 0.25) is 11.8 Å². The Hall–Kier alpha value is -3.74. The third kappa shape index (κ3) is 5.22. The summed E-state index contributed by atoms with van der Waals surface area (Å²) in [4.78, 5) is 31.0. The Morgan fingerprint density at radius 1 is 0.973 bits per heavy atom. The molecule has 1 aliphatic rings.